The van der Waals surface area contributed by atoms with Crippen LogP contribution in [0.5, 0.6) is 0 Å². The van der Waals surface area contributed by atoms with Crippen molar-refractivity contribution in [3.8, 4) is 0 Å². The van der Waals surface area contributed by atoms with Gasteiger partial charge in [-0.3, -0.25) is 0 Å². The molecular formula is C18H25F3N2O4S. The highest BCUT2D eigenvalue weighted by Crippen LogP contribution is 2.30. The molecule has 2 rings (SSSR count). The molecule has 0 atom stereocenters. The number of carbonyl (C=O) groups is 1. The van der Waals surface area contributed by atoms with E-state index in [4.69, 9.17) is 4.74 Å². The topological polar surface area (TPSA) is 75.7 Å². The molecule has 0 aromatic heterocycles. The van der Waals surface area contributed by atoms with Crippen LogP contribution in [0.3, 0.4) is 0 Å². The SMILES string of the molecule is CC(C)(C)OC(=O)N1CCC(CNS(=O)(=O)c2cccc(C(F)(F)F)c2)CC1. The first-order chi connectivity index (χ1) is 12.8. The van der Waals surface area contributed by atoms with Crippen LogP contribution >= 0.6 is 0 Å². The number of likely N-dealkylation sites (tertiary alicyclic amines) is 1. The first kappa shape index (κ1) is 22.5. The summed E-state index contributed by atoms with van der Waals surface area (Å²) < 4.78 is 70.7. The third kappa shape index (κ3) is 6.37. The van der Waals surface area contributed by atoms with Crippen molar-refractivity contribution in [3.63, 3.8) is 0 Å². The highest BCUT2D eigenvalue weighted by molar-refractivity contribution is 7.89. The lowest BCUT2D eigenvalue weighted by atomic mass is 9.97. The van der Waals surface area contributed by atoms with E-state index in [0.29, 0.717) is 32.0 Å². The minimum atomic E-state index is -4.61. The Morgan fingerprint density at radius 3 is 2.36 bits per heavy atom. The monoisotopic (exact) mass is 422 g/mol. The Morgan fingerprint density at radius 1 is 1.21 bits per heavy atom. The summed E-state index contributed by atoms with van der Waals surface area (Å²) in [5.74, 6) is -0.0146. The maximum absolute atomic E-state index is 12.8. The summed E-state index contributed by atoms with van der Waals surface area (Å²) in [5.41, 5.74) is -1.60. The molecule has 0 saturated carbocycles. The van der Waals surface area contributed by atoms with Crippen LogP contribution in [-0.4, -0.2) is 44.6 Å². The molecule has 1 fully saturated rings. The molecule has 0 spiro atoms. The van der Waals surface area contributed by atoms with Crippen molar-refractivity contribution in [1.29, 1.82) is 0 Å². The van der Waals surface area contributed by atoms with Crippen molar-refractivity contribution >= 4 is 16.1 Å². The molecule has 158 valence electrons. The fraction of sp³-hybridized carbons (Fsp3) is 0.611. The molecular weight excluding hydrogens is 397 g/mol. The zero-order chi connectivity index (χ0) is 21.2. The fourth-order valence-electron chi connectivity index (χ4n) is 2.80. The van der Waals surface area contributed by atoms with Crippen molar-refractivity contribution < 1.29 is 31.1 Å². The lowest BCUT2D eigenvalue weighted by Crippen LogP contribution is -2.43. The Kier molecular flexibility index (Phi) is 6.65. The number of halogens is 3. The number of piperidine rings is 1. The first-order valence-electron chi connectivity index (χ1n) is 8.93. The van der Waals surface area contributed by atoms with Crippen LogP contribution in [0.25, 0.3) is 0 Å². The van der Waals surface area contributed by atoms with Crippen LogP contribution in [0.2, 0.25) is 0 Å². The van der Waals surface area contributed by atoms with Crippen LogP contribution in [0.4, 0.5) is 18.0 Å². The van der Waals surface area contributed by atoms with E-state index in [-0.39, 0.29) is 12.5 Å². The standard InChI is InChI=1S/C18H25F3N2O4S/c1-17(2,3)27-16(24)23-9-7-13(8-10-23)12-22-28(25,26)15-6-4-5-14(11-15)18(19,20)21/h4-6,11,13,22H,7-10,12H2,1-3H3. The average molecular weight is 422 g/mol. The molecule has 1 N–H and O–H groups in total. The predicted molar refractivity (Wildman–Crippen MR) is 97.2 cm³/mol. The molecule has 0 unspecified atom stereocenters. The van der Waals surface area contributed by atoms with Gasteiger partial charge in [0.05, 0.1) is 10.5 Å². The number of benzene rings is 1. The van der Waals surface area contributed by atoms with Gasteiger partial charge in [-0.05, 0) is 57.7 Å². The zero-order valence-corrected chi connectivity index (χ0v) is 16.9. The largest absolute Gasteiger partial charge is 0.444 e. The smallest absolute Gasteiger partial charge is 0.416 e. The third-order valence-corrected chi connectivity index (χ3v) is 5.72. The van der Waals surface area contributed by atoms with Crippen molar-refractivity contribution in [2.24, 2.45) is 5.92 Å². The van der Waals surface area contributed by atoms with Crippen LogP contribution < -0.4 is 4.72 Å². The maximum Gasteiger partial charge on any atom is 0.416 e. The Morgan fingerprint density at radius 2 is 1.82 bits per heavy atom. The van der Waals surface area contributed by atoms with Gasteiger partial charge in [-0.1, -0.05) is 6.07 Å². The van der Waals surface area contributed by atoms with Gasteiger partial charge in [0.15, 0.2) is 0 Å². The quantitative estimate of drug-likeness (QED) is 0.804. The van der Waals surface area contributed by atoms with Crippen LogP contribution in [-0.2, 0) is 20.9 Å². The fourth-order valence-corrected chi connectivity index (χ4v) is 3.96. The highest BCUT2D eigenvalue weighted by Gasteiger charge is 2.32. The molecule has 1 aromatic carbocycles. The number of rotatable bonds is 4. The van der Waals surface area contributed by atoms with E-state index >= 15 is 0 Å². The number of sulfonamides is 1. The summed E-state index contributed by atoms with van der Waals surface area (Å²) >= 11 is 0. The number of nitrogens with one attached hydrogen (secondary N) is 1. The van der Waals surface area contributed by atoms with E-state index in [9.17, 15) is 26.4 Å². The second kappa shape index (κ2) is 8.28. The number of nitrogens with zero attached hydrogens (tertiary/aromatic N) is 1. The number of hydrogen-bond donors (Lipinski definition) is 1. The molecule has 6 nitrogen and oxygen atoms in total. The normalized spacial score (nSPS) is 16.9. The Hall–Kier alpha value is -1.81. The van der Waals surface area contributed by atoms with Gasteiger partial charge >= 0.3 is 12.3 Å². The van der Waals surface area contributed by atoms with Crippen molar-refractivity contribution in [2.45, 2.75) is 50.3 Å². The van der Waals surface area contributed by atoms with Gasteiger partial charge in [-0.25, -0.2) is 17.9 Å². The number of alkyl halides is 3. The summed E-state index contributed by atoms with van der Waals surface area (Å²) in [6.07, 6.45) is -3.87. The Labute approximate surface area is 163 Å². The van der Waals surface area contributed by atoms with Crippen molar-refractivity contribution in [2.75, 3.05) is 19.6 Å². The highest BCUT2D eigenvalue weighted by atomic mass is 32.2. The number of carbonyl (C=O) groups excluding carboxylic acids is 1. The van der Waals surface area contributed by atoms with E-state index in [0.717, 1.165) is 18.2 Å². The lowest BCUT2D eigenvalue weighted by molar-refractivity contribution is -0.137. The van der Waals surface area contributed by atoms with E-state index in [1.54, 1.807) is 25.7 Å². The van der Waals surface area contributed by atoms with Gasteiger partial charge in [-0.2, -0.15) is 13.2 Å². The second-order valence-electron chi connectivity index (χ2n) is 7.79. The van der Waals surface area contributed by atoms with Gasteiger partial charge in [-0.15, -0.1) is 0 Å². The molecule has 28 heavy (non-hydrogen) atoms. The molecule has 10 heteroatoms. The van der Waals surface area contributed by atoms with Gasteiger partial charge in [0, 0.05) is 19.6 Å². The van der Waals surface area contributed by atoms with Crippen molar-refractivity contribution in [1.82, 2.24) is 9.62 Å². The molecule has 1 aliphatic rings. The van der Waals surface area contributed by atoms with E-state index in [1.165, 1.54) is 0 Å². The zero-order valence-electron chi connectivity index (χ0n) is 16.0. The summed E-state index contributed by atoms with van der Waals surface area (Å²) in [4.78, 5) is 13.2. The molecule has 1 saturated heterocycles. The minimum absolute atomic E-state index is 0.0146. The van der Waals surface area contributed by atoms with E-state index < -0.39 is 38.4 Å². The van der Waals surface area contributed by atoms with Crippen LogP contribution in [0, 0.1) is 5.92 Å². The summed E-state index contributed by atoms with van der Waals surface area (Å²) in [7, 11) is -4.05. The number of ether oxygens (including phenoxy) is 1. The Balaban J connectivity index is 1.90. The van der Waals surface area contributed by atoms with Gasteiger partial charge < -0.3 is 9.64 Å². The molecule has 0 bridgehead atoms. The maximum atomic E-state index is 12.8. The van der Waals surface area contributed by atoms with Gasteiger partial charge in [0.1, 0.15) is 5.60 Å². The third-order valence-electron chi connectivity index (χ3n) is 4.30. The summed E-state index contributed by atoms with van der Waals surface area (Å²) in [5, 5.41) is 0. The number of hydrogen-bond acceptors (Lipinski definition) is 4. The first-order valence-corrected chi connectivity index (χ1v) is 10.4. The summed E-state index contributed by atoms with van der Waals surface area (Å²) in [6.45, 7) is 6.30. The molecule has 1 heterocycles. The van der Waals surface area contributed by atoms with Gasteiger partial charge in [0.2, 0.25) is 10.0 Å². The lowest BCUT2D eigenvalue weighted by Gasteiger charge is -2.33. The van der Waals surface area contributed by atoms with Crippen molar-refractivity contribution in [3.05, 3.63) is 29.8 Å². The molecule has 0 radical (unpaired) electrons. The van der Waals surface area contributed by atoms with Gasteiger partial charge in [0.25, 0.3) is 0 Å². The van der Waals surface area contributed by atoms with E-state index in [2.05, 4.69) is 4.72 Å². The summed E-state index contributed by atoms with van der Waals surface area (Å²) in [6, 6.07) is 3.64. The molecule has 1 aromatic rings. The van der Waals surface area contributed by atoms with E-state index in [1.807, 2.05) is 0 Å². The van der Waals surface area contributed by atoms with Crippen LogP contribution in [0.1, 0.15) is 39.2 Å². The van der Waals surface area contributed by atoms with Crippen LogP contribution in [0.15, 0.2) is 29.2 Å². The number of amides is 1. The Bertz CT molecular complexity index is 796. The second-order valence-corrected chi connectivity index (χ2v) is 9.56. The minimum Gasteiger partial charge on any atom is -0.444 e. The average Bonchev–Trinajstić information content (AvgIpc) is 2.58. The molecule has 0 aliphatic carbocycles. The molecule has 1 amide bonds. The molecule has 1 aliphatic heterocycles. The predicted octanol–water partition coefficient (Wildman–Crippen LogP) is 3.63.